The van der Waals surface area contributed by atoms with E-state index >= 15 is 0 Å². The number of aromatic nitrogens is 2. The Morgan fingerprint density at radius 3 is 2.53 bits per heavy atom. The normalized spacial score (nSPS) is 12.5. The minimum absolute atomic E-state index is 0.323. The summed E-state index contributed by atoms with van der Waals surface area (Å²) in [6.45, 7) is 8.27. The minimum atomic E-state index is -0.693. The summed E-state index contributed by atoms with van der Waals surface area (Å²) < 4.78 is 1.64. The third kappa shape index (κ3) is 4.08. The molecule has 0 aliphatic heterocycles. The molecule has 6 nitrogen and oxygen atoms in total. The van der Waals surface area contributed by atoms with Gasteiger partial charge in [-0.1, -0.05) is 13.8 Å². The lowest BCUT2D eigenvalue weighted by molar-refractivity contribution is -0.119. The Balaban J connectivity index is 2.89. The highest BCUT2D eigenvalue weighted by Crippen LogP contribution is 2.10. The summed E-state index contributed by atoms with van der Waals surface area (Å²) in [4.78, 5) is 23.0. The second-order valence-corrected chi connectivity index (χ2v) is 5.03. The molecule has 0 spiro atoms. The van der Waals surface area contributed by atoms with Crippen LogP contribution >= 0.6 is 0 Å². The molecule has 0 radical (unpaired) electrons. The van der Waals surface area contributed by atoms with Gasteiger partial charge < -0.3 is 11.1 Å². The maximum atomic E-state index is 12.1. The molecule has 0 unspecified atom stereocenters. The minimum Gasteiger partial charge on any atom is -0.368 e. The van der Waals surface area contributed by atoms with Crippen molar-refractivity contribution in [3.05, 3.63) is 17.5 Å². The van der Waals surface area contributed by atoms with E-state index in [-0.39, 0.29) is 5.91 Å². The van der Waals surface area contributed by atoms with Crippen LogP contribution in [0.15, 0.2) is 6.07 Å². The van der Waals surface area contributed by atoms with E-state index in [1.165, 1.54) is 0 Å². The van der Waals surface area contributed by atoms with E-state index in [2.05, 4.69) is 24.3 Å². The van der Waals surface area contributed by atoms with Crippen LogP contribution in [0, 0.1) is 5.92 Å². The van der Waals surface area contributed by atoms with Gasteiger partial charge in [-0.2, -0.15) is 5.10 Å². The summed E-state index contributed by atoms with van der Waals surface area (Å²) in [5, 5.41) is 6.94. The molecule has 0 fully saturated rings. The Morgan fingerprint density at radius 2 is 2.05 bits per heavy atom. The molecule has 0 aromatic carbocycles. The largest absolute Gasteiger partial charge is 0.368 e. The average Bonchev–Trinajstić information content (AvgIpc) is 2.70. The summed E-state index contributed by atoms with van der Waals surface area (Å²) in [5.41, 5.74) is 6.48. The van der Waals surface area contributed by atoms with Crippen molar-refractivity contribution in [2.24, 2.45) is 11.7 Å². The van der Waals surface area contributed by atoms with Gasteiger partial charge in [-0.05, 0) is 32.3 Å². The maximum absolute atomic E-state index is 12.1. The molecular weight excluding hydrogens is 244 g/mol. The smallest absolute Gasteiger partial charge is 0.270 e. The molecular formula is C13H22N4O2. The van der Waals surface area contributed by atoms with Crippen molar-refractivity contribution < 1.29 is 9.59 Å². The molecule has 1 heterocycles. The number of rotatable bonds is 6. The van der Waals surface area contributed by atoms with E-state index in [4.69, 9.17) is 5.73 Å². The Labute approximate surface area is 113 Å². The number of primary amides is 1. The van der Waals surface area contributed by atoms with Gasteiger partial charge >= 0.3 is 0 Å². The van der Waals surface area contributed by atoms with Crippen LogP contribution in [0.4, 0.5) is 0 Å². The molecule has 0 bridgehead atoms. The van der Waals surface area contributed by atoms with Crippen LogP contribution in [0.3, 0.4) is 0 Å². The third-order valence-corrected chi connectivity index (χ3v) is 2.75. The zero-order chi connectivity index (χ0) is 14.6. The summed E-state index contributed by atoms with van der Waals surface area (Å²) in [6.07, 6.45) is 0.818. The quantitative estimate of drug-likeness (QED) is 0.794. The molecule has 0 saturated carbocycles. The van der Waals surface area contributed by atoms with Gasteiger partial charge in [0.2, 0.25) is 5.91 Å². The highest BCUT2D eigenvalue weighted by molar-refractivity contribution is 5.96. The average molecular weight is 266 g/mol. The number of hydrogen-bond donors (Lipinski definition) is 2. The van der Waals surface area contributed by atoms with Crippen LogP contribution in [0.2, 0.25) is 0 Å². The third-order valence-electron chi connectivity index (χ3n) is 2.75. The van der Waals surface area contributed by atoms with Crippen molar-refractivity contribution >= 4 is 11.8 Å². The van der Waals surface area contributed by atoms with E-state index in [1.807, 2.05) is 6.92 Å². The van der Waals surface area contributed by atoms with Gasteiger partial charge in [0.15, 0.2) is 0 Å². The molecule has 19 heavy (non-hydrogen) atoms. The molecule has 0 saturated heterocycles. The standard InChI is InChI=1S/C13H22N4O2/c1-5-17-11(7-10(16-17)6-8(2)3)13(19)15-9(4)12(14)18/h7-9H,5-6H2,1-4H3,(H2,14,18)(H,15,19)/t9-/m0/s1. The lowest BCUT2D eigenvalue weighted by Crippen LogP contribution is -2.42. The number of carbonyl (C=O) groups excluding carboxylic acids is 2. The van der Waals surface area contributed by atoms with E-state index in [0.29, 0.717) is 18.2 Å². The summed E-state index contributed by atoms with van der Waals surface area (Å²) in [5.74, 6) is -0.408. The van der Waals surface area contributed by atoms with Crippen LogP contribution in [0.25, 0.3) is 0 Å². The Kier molecular flexibility index (Phi) is 5.09. The van der Waals surface area contributed by atoms with E-state index in [1.54, 1.807) is 17.7 Å². The first kappa shape index (κ1) is 15.2. The first-order chi connectivity index (χ1) is 8.85. The van der Waals surface area contributed by atoms with Gasteiger partial charge in [0.1, 0.15) is 11.7 Å². The first-order valence-corrected chi connectivity index (χ1v) is 6.52. The highest BCUT2D eigenvalue weighted by Gasteiger charge is 2.18. The van der Waals surface area contributed by atoms with Gasteiger partial charge in [-0.3, -0.25) is 14.3 Å². The van der Waals surface area contributed by atoms with E-state index in [9.17, 15) is 9.59 Å². The predicted octanol–water partition coefficient (Wildman–Crippen LogP) is 0.705. The van der Waals surface area contributed by atoms with Crippen molar-refractivity contribution in [1.29, 1.82) is 0 Å². The molecule has 3 N–H and O–H groups in total. The zero-order valence-electron chi connectivity index (χ0n) is 11.9. The fraction of sp³-hybridized carbons (Fsp3) is 0.615. The molecule has 1 aromatic heterocycles. The second kappa shape index (κ2) is 6.36. The number of nitrogens with one attached hydrogen (secondary N) is 1. The van der Waals surface area contributed by atoms with Crippen molar-refractivity contribution in [3.63, 3.8) is 0 Å². The molecule has 106 valence electrons. The summed E-state index contributed by atoms with van der Waals surface area (Å²) >= 11 is 0. The Morgan fingerprint density at radius 1 is 1.42 bits per heavy atom. The van der Waals surface area contributed by atoms with Crippen LogP contribution in [-0.2, 0) is 17.8 Å². The SMILES string of the molecule is CCn1nc(CC(C)C)cc1C(=O)N[C@@H](C)C(N)=O. The second-order valence-electron chi connectivity index (χ2n) is 5.03. The zero-order valence-corrected chi connectivity index (χ0v) is 11.9. The fourth-order valence-corrected chi connectivity index (χ4v) is 1.75. The topological polar surface area (TPSA) is 90.0 Å². The van der Waals surface area contributed by atoms with Crippen LogP contribution < -0.4 is 11.1 Å². The number of nitrogens with two attached hydrogens (primary N) is 1. The number of hydrogen-bond acceptors (Lipinski definition) is 3. The molecule has 6 heteroatoms. The van der Waals surface area contributed by atoms with Gasteiger partial charge in [0.25, 0.3) is 5.91 Å². The Bertz CT molecular complexity index is 465. The maximum Gasteiger partial charge on any atom is 0.270 e. The van der Waals surface area contributed by atoms with E-state index in [0.717, 1.165) is 12.1 Å². The predicted molar refractivity (Wildman–Crippen MR) is 72.6 cm³/mol. The van der Waals surface area contributed by atoms with Gasteiger partial charge in [0, 0.05) is 6.54 Å². The van der Waals surface area contributed by atoms with Crippen molar-refractivity contribution in [3.8, 4) is 0 Å². The number of nitrogens with zero attached hydrogens (tertiary/aromatic N) is 2. The summed E-state index contributed by atoms with van der Waals surface area (Å²) in [6, 6.07) is 1.08. The van der Waals surface area contributed by atoms with Crippen molar-refractivity contribution in [1.82, 2.24) is 15.1 Å². The molecule has 1 atom stereocenters. The van der Waals surface area contributed by atoms with E-state index < -0.39 is 11.9 Å². The van der Waals surface area contributed by atoms with Crippen LogP contribution in [-0.4, -0.2) is 27.6 Å². The van der Waals surface area contributed by atoms with Gasteiger partial charge in [-0.15, -0.1) is 0 Å². The van der Waals surface area contributed by atoms with Crippen molar-refractivity contribution in [2.75, 3.05) is 0 Å². The first-order valence-electron chi connectivity index (χ1n) is 6.52. The molecule has 2 amide bonds. The van der Waals surface area contributed by atoms with Gasteiger partial charge in [-0.25, -0.2) is 0 Å². The van der Waals surface area contributed by atoms with Crippen LogP contribution in [0.5, 0.6) is 0 Å². The van der Waals surface area contributed by atoms with Crippen molar-refractivity contribution in [2.45, 2.75) is 46.7 Å². The lowest BCUT2D eigenvalue weighted by Gasteiger charge is -2.10. The molecule has 0 aliphatic carbocycles. The monoisotopic (exact) mass is 266 g/mol. The number of carbonyl (C=O) groups is 2. The molecule has 0 aliphatic rings. The lowest BCUT2D eigenvalue weighted by atomic mass is 10.1. The van der Waals surface area contributed by atoms with Crippen LogP contribution in [0.1, 0.15) is 43.9 Å². The Hall–Kier alpha value is -1.85. The number of aryl methyl sites for hydroxylation is 1. The molecule has 1 aromatic rings. The summed E-state index contributed by atoms with van der Waals surface area (Å²) in [7, 11) is 0. The molecule has 1 rings (SSSR count). The fourth-order valence-electron chi connectivity index (χ4n) is 1.75. The highest BCUT2D eigenvalue weighted by atomic mass is 16.2. The number of amides is 2. The van der Waals surface area contributed by atoms with Gasteiger partial charge in [0.05, 0.1) is 5.69 Å².